The third-order valence-corrected chi connectivity index (χ3v) is 5.34. The molecular formula is C18H23ClF3NO5S. The molecule has 1 aromatic rings. The van der Waals surface area contributed by atoms with E-state index in [1.54, 1.807) is 20.8 Å². The Morgan fingerprint density at radius 1 is 1.24 bits per heavy atom. The van der Waals surface area contributed by atoms with Gasteiger partial charge < -0.3 is 14.4 Å². The summed E-state index contributed by atoms with van der Waals surface area (Å²) in [4.78, 5) is 13.7. The fraction of sp³-hybridized carbons (Fsp3) is 0.611. The zero-order valence-corrected chi connectivity index (χ0v) is 17.8. The number of carbonyl (C=O) groups is 1. The van der Waals surface area contributed by atoms with E-state index in [1.165, 1.54) is 4.90 Å². The molecule has 0 spiro atoms. The summed E-state index contributed by atoms with van der Waals surface area (Å²) in [5.74, 6) is -0.833. The maximum absolute atomic E-state index is 12.7. The maximum atomic E-state index is 12.7. The van der Waals surface area contributed by atoms with Gasteiger partial charge in [-0.15, -0.1) is 0 Å². The van der Waals surface area contributed by atoms with Gasteiger partial charge in [0.2, 0.25) is 9.05 Å². The van der Waals surface area contributed by atoms with Crippen molar-refractivity contribution in [3.8, 4) is 5.75 Å². The molecule has 1 heterocycles. The summed E-state index contributed by atoms with van der Waals surface area (Å²) < 4.78 is 72.3. The lowest BCUT2D eigenvalue weighted by molar-refractivity contribution is -0.137. The van der Waals surface area contributed by atoms with E-state index in [2.05, 4.69) is 0 Å². The highest BCUT2D eigenvalue weighted by molar-refractivity contribution is 8.13. The molecule has 0 bridgehead atoms. The topological polar surface area (TPSA) is 72.9 Å². The van der Waals surface area contributed by atoms with Crippen LogP contribution in [0.4, 0.5) is 18.0 Å². The largest absolute Gasteiger partial charge is 0.489 e. The molecule has 164 valence electrons. The van der Waals surface area contributed by atoms with Crippen molar-refractivity contribution in [3.63, 3.8) is 0 Å². The molecule has 1 aliphatic rings. The first kappa shape index (κ1) is 23.6. The first-order chi connectivity index (χ1) is 13.1. The molecule has 11 heteroatoms. The minimum atomic E-state index is -4.49. The number of ether oxygens (including phenoxy) is 2. The standard InChI is InChI=1S/C18H23ClF3NO5S/c1-17(2,3)28-16(24)23-9-8-12(10-23)15(11-29(19,25)26)27-14-6-4-13(5-7-14)18(20,21)22/h4-7,12,15H,8-11H2,1-3H3. The number of benzene rings is 1. The van der Waals surface area contributed by atoms with Gasteiger partial charge in [-0.2, -0.15) is 13.2 Å². The SMILES string of the molecule is CC(C)(C)OC(=O)N1CCC(C(CS(=O)(=O)Cl)Oc2ccc(C(F)(F)F)cc2)C1. The van der Waals surface area contributed by atoms with Crippen LogP contribution in [0, 0.1) is 5.92 Å². The zero-order valence-electron chi connectivity index (χ0n) is 16.2. The van der Waals surface area contributed by atoms with Gasteiger partial charge in [-0.25, -0.2) is 13.2 Å². The van der Waals surface area contributed by atoms with E-state index in [4.69, 9.17) is 20.2 Å². The van der Waals surface area contributed by atoms with Gasteiger partial charge in [0.25, 0.3) is 0 Å². The van der Waals surface area contributed by atoms with Gasteiger partial charge in [-0.1, -0.05) is 0 Å². The number of rotatable bonds is 5. The highest BCUT2D eigenvalue weighted by atomic mass is 35.7. The van der Waals surface area contributed by atoms with E-state index in [0.29, 0.717) is 13.0 Å². The molecule has 2 unspecified atom stereocenters. The van der Waals surface area contributed by atoms with Crippen LogP contribution in [-0.4, -0.2) is 50.0 Å². The average molecular weight is 458 g/mol. The Balaban J connectivity index is 2.12. The molecule has 0 aromatic heterocycles. The number of amides is 1. The Morgan fingerprint density at radius 3 is 2.31 bits per heavy atom. The Labute approximate surface area is 172 Å². The van der Waals surface area contributed by atoms with Crippen molar-refractivity contribution in [1.29, 1.82) is 0 Å². The number of hydrogen-bond donors (Lipinski definition) is 0. The molecular weight excluding hydrogens is 435 g/mol. The molecule has 1 amide bonds. The Hall–Kier alpha value is -1.68. The van der Waals surface area contributed by atoms with Crippen molar-refractivity contribution in [1.82, 2.24) is 4.90 Å². The first-order valence-electron chi connectivity index (χ1n) is 8.88. The van der Waals surface area contributed by atoms with Gasteiger partial charge in [-0.3, -0.25) is 0 Å². The van der Waals surface area contributed by atoms with Crippen molar-refractivity contribution < 1.29 is 35.9 Å². The van der Waals surface area contributed by atoms with Gasteiger partial charge >= 0.3 is 12.3 Å². The van der Waals surface area contributed by atoms with Gasteiger partial charge in [0.05, 0.1) is 5.56 Å². The maximum Gasteiger partial charge on any atom is 0.416 e. The molecule has 1 saturated heterocycles. The lowest BCUT2D eigenvalue weighted by atomic mass is 10.0. The fourth-order valence-electron chi connectivity index (χ4n) is 2.94. The molecule has 6 nitrogen and oxygen atoms in total. The van der Waals surface area contributed by atoms with Crippen LogP contribution in [0.3, 0.4) is 0 Å². The van der Waals surface area contributed by atoms with E-state index >= 15 is 0 Å². The summed E-state index contributed by atoms with van der Waals surface area (Å²) in [7, 11) is 1.44. The average Bonchev–Trinajstić information content (AvgIpc) is 3.01. The second kappa shape index (κ2) is 8.59. The molecule has 2 atom stereocenters. The van der Waals surface area contributed by atoms with Gasteiger partial charge in [0, 0.05) is 29.7 Å². The van der Waals surface area contributed by atoms with Crippen LogP contribution < -0.4 is 4.74 Å². The molecule has 1 fully saturated rings. The summed E-state index contributed by atoms with van der Waals surface area (Å²) in [5, 5.41) is 0. The van der Waals surface area contributed by atoms with Crippen molar-refractivity contribution in [2.45, 2.75) is 45.1 Å². The van der Waals surface area contributed by atoms with Crippen LogP contribution in [0.1, 0.15) is 32.8 Å². The van der Waals surface area contributed by atoms with Crippen molar-refractivity contribution in [2.24, 2.45) is 5.92 Å². The van der Waals surface area contributed by atoms with E-state index in [1.807, 2.05) is 0 Å². The molecule has 0 aliphatic carbocycles. The summed E-state index contributed by atoms with van der Waals surface area (Å²) in [6, 6.07) is 3.95. The number of nitrogens with zero attached hydrogens (tertiary/aromatic N) is 1. The molecule has 1 aliphatic heterocycles. The second-order valence-electron chi connectivity index (χ2n) is 7.86. The summed E-state index contributed by atoms with van der Waals surface area (Å²) >= 11 is 0. The number of halogens is 4. The minimum Gasteiger partial charge on any atom is -0.489 e. The number of alkyl halides is 3. The predicted molar refractivity (Wildman–Crippen MR) is 101 cm³/mol. The normalized spacial score (nSPS) is 19.1. The minimum absolute atomic E-state index is 0.0824. The first-order valence-corrected chi connectivity index (χ1v) is 11.4. The fourth-order valence-corrected chi connectivity index (χ4v) is 4.05. The van der Waals surface area contributed by atoms with Crippen LogP contribution in [0.25, 0.3) is 0 Å². The number of likely N-dealkylation sites (tertiary alicyclic amines) is 1. The summed E-state index contributed by atoms with van der Waals surface area (Å²) in [5.41, 5.74) is -1.52. The molecule has 0 radical (unpaired) electrons. The van der Waals surface area contributed by atoms with Crippen molar-refractivity contribution >= 4 is 25.8 Å². The Bertz CT molecular complexity index is 821. The molecule has 2 rings (SSSR count). The summed E-state index contributed by atoms with van der Waals surface area (Å²) in [6.45, 7) is 5.72. The zero-order chi connectivity index (χ0) is 22.0. The molecule has 29 heavy (non-hydrogen) atoms. The van der Waals surface area contributed by atoms with Crippen molar-refractivity contribution in [2.75, 3.05) is 18.8 Å². The number of hydrogen-bond acceptors (Lipinski definition) is 5. The van der Waals surface area contributed by atoms with E-state index in [0.717, 1.165) is 24.3 Å². The van der Waals surface area contributed by atoms with E-state index in [-0.39, 0.29) is 18.2 Å². The molecule has 0 saturated carbocycles. The van der Waals surface area contributed by atoms with Crippen LogP contribution in [0.15, 0.2) is 24.3 Å². The smallest absolute Gasteiger partial charge is 0.416 e. The molecule has 1 aromatic carbocycles. The summed E-state index contributed by atoms with van der Waals surface area (Å²) in [6.07, 6.45) is -5.50. The van der Waals surface area contributed by atoms with Gasteiger partial charge in [-0.05, 0) is 51.5 Å². The highest BCUT2D eigenvalue weighted by Gasteiger charge is 2.37. The highest BCUT2D eigenvalue weighted by Crippen LogP contribution is 2.32. The molecule has 0 N–H and O–H groups in total. The van der Waals surface area contributed by atoms with Crippen LogP contribution >= 0.6 is 10.7 Å². The third kappa shape index (κ3) is 7.58. The van der Waals surface area contributed by atoms with Crippen LogP contribution in [0.5, 0.6) is 5.75 Å². The van der Waals surface area contributed by atoms with E-state index < -0.39 is 44.3 Å². The predicted octanol–water partition coefficient (Wildman–Crippen LogP) is 4.28. The quantitative estimate of drug-likeness (QED) is 0.617. The van der Waals surface area contributed by atoms with Gasteiger partial charge in [0.15, 0.2) is 0 Å². The lowest BCUT2D eigenvalue weighted by Crippen LogP contribution is -2.38. The monoisotopic (exact) mass is 457 g/mol. The lowest BCUT2D eigenvalue weighted by Gasteiger charge is -2.26. The third-order valence-electron chi connectivity index (χ3n) is 4.23. The van der Waals surface area contributed by atoms with Gasteiger partial charge in [0.1, 0.15) is 23.2 Å². The van der Waals surface area contributed by atoms with Crippen molar-refractivity contribution in [3.05, 3.63) is 29.8 Å². The number of carbonyl (C=O) groups excluding carboxylic acids is 1. The van der Waals surface area contributed by atoms with Crippen LogP contribution in [-0.2, 0) is 20.0 Å². The second-order valence-corrected chi connectivity index (χ2v) is 10.7. The Morgan fingerprint density at radius 2 is 1.83 bits per heavy atom. The van der Waals surface area contributed by atoms with Crippen LogP contribution in [0.2, 0.25) is 0 Å². The van der Waals surface area contributed by atoms with E-state index in [9.17, 15) is 26.4 Å². The Kier molecular flexibility index (Phi) is 6.99.